The summed E-state index contributed by atoms with van der Waals surface area (Å²) in [5.74, 6) is 0. The van der Waals surface area contributed by atoms with Crippen LogP contribution in [0.4, 0.5) is 0 Å². The standard InChI is InChI=1S/C8H20N2Si2/c1-7-8-12(6)9(2)11(4,5)10(12)3/h7H,1,8H2,2-6H3. The second-order valence-corrected chi connectivity index (χ2v) is 13.7. The van der Waals surface area contributed by atoms with Crippen LogP contribution in [0.3, 0.4) is 0 Å². The Morgan fingerprint density at radius 3 is 1.92 bits per heavy atom. The van der Waals surface area contributed by atoms with Gasteiger partial charge in [0.05, 0.1) is 0 Å². The summed E-state index contributed by atoms with van der Waals surface area (Å²) in [5, 5.41) is 0. The van der Waals surface area contributed by atoms with Crippen molar-refractivity contribution < 1.29 is 0 Å². The number of hydrogen-bond donors (Lipinski definition) is 0. The van der Waals surface area contributed by atoms with E-state index in [4.69, 9.17) is 0 Å². The lowest BCUT2D eigenvalue weighted by Gasteiger charge is -2.66. The minimum Gasteiger partial charge on any atom is -0.325 e. The molecule has 0 aromatic carbocycles. The molecule has 0 radical (unpaired) electrons. The zero-order chi connectivity index (χ0) is 9.57. The molecule has 1 aliphatic heterocycles. The SMILES string of the molecule is C=CC[Si]1(C)N(C)[Si](C)(C)N1C. The Hall–Kier alpha value is 0.0938. The molecule has 4 heteroatoms. The van der Waals surface area contributed by atoms with Crippen molar-refractivity contribution in [2.75, 3.05) is 14.1 Å². The lowest BCUT2D eigenvalue weighted by atomic mass is 10.8. The van der Waals surface area contributed by atoms with Gasteiger partial charge in [0.1, 0.15) is 0 Å². The van der Waals surface area contributed by atoms with E-state index in [9.17, 15) is 0 Å². The molecule has 0 saturated carbocycles. The normalized spacial score (nSPS) is 28.1. The Labute approximate surface area is 78.2 Å². The number of rotatable bonds is 2. The van der Waals surface area contributed by atoms with E-state index in [0.29, 0.717) is 0 Å². The van der Waals surface area contributed by atoms with Crippen molar-refractivity contribution in [2.45, 2.75) is 25.7 Å². The van der Waals surface area contributed by atoms with Crippen molar-refractivity contribution in [3.63, 3.8) is 0 Å². The molecule has 1 rings (SSSR count). The van der Waals surface area contributed by atoms with Crippen LogP contribution in [0.25, 0.3) is 0 Å². The van der Waals surface area contributed by atoms with Crippen LogP contribution in [0.2, 0.25) is 25.7 Å². The molecule has 0 aliphatic carbocycles. The molecule has 0 spiro atoms. The molecule has 70 valence electrons. The van der Waals surface area contributed by atoms with Crippen molar-refractivity contribution >= 4 is 16.8 Å². The maximum absolute atomic E-state index is 3.84. The highest BCUT2D eigenvalue weighted by Crippen LogP contribution is 2.37. The summed E-state index contributed by atoms with van der Waals surface area (Å²) in [6, 6.07) is 1.19. The van der Waals surface area contributed by atoms with Crippen LogP contribution in [0.15, 0.2) is 12.7 Å². The van der Waals surface area contributed by atoms with Crippen LogP contribution >= 0.6 is 0 Å². The summed E-state index contributed by atoms with van der Waals surface area (Å²) in [6.07, 6.45) is 2.07. The van der Waals surface area contributed by atoms with Gasteiger partial charge in [0, 0.05) is 0 Å². The van der Waals surface area contributed by atoms with E-state index in [1.165, 1.54) is 6.04 Å². The smallest absolute Gasteiger partial charge is 0.195 e. The van der Waals surface area contributed by atoms with Crippen LogP contribution in [0.1, 0.15) is 0 Å². The minimum atomic E-state index is -1.23. The Morgan fingerprint density at radius 1 is 1.17 bits per heavy atom. The van der Waals surface area contributed by atoms with Gasteiger partial charge in [0.15, 0.2) is 16.8 Å². The highest BCUT2D eigenvalue weighted by atomic mass is 28.5. The summed E-state index contributed by atoms with van der Waals surface area (Å²) in [7, 11) is 2.21. The third kappa shape index (κ3) is 1.06. The van der Waals surface area contributed by atoms with Gasteiger partial charge in [-0.3, -0.25) is 0 Å². The summed E-state index contributed by atoms with van der Waals surface area (Å²) in [5.41, 5.74) is 0. The highest BCUT2D eigenvalue weighted by Gasteiger charge is 2.58. The molecule has 0 unspecified atom stereocenters. The monoisotopic (exact) mass is 200 g/mol. The fourth-order valence-electron chi connectivity index (χ4n) is 2.13. The van der Waals surface area contributed by atoms with Crippen LogP contribution in [0, 0.1) is 0 Å². The third-order valence-electron chi connectivity index (χ3n) is 3.62. The highest BCUT2D eigenvalue weighted by molar-refractivity contribution is 7.03. The summed E-state index contributed by atoms with van der Waals surface area (Å²) in [4.78, 5) is 0. The molecule has 0 atom stereocenters. The number of nitrogens with zero attached hydrogens (tertiary/aromatic N) is 2. The maximum Gasteiger partial charge on any atom is 0.195 e. The van der Waals surface area contributed by atoms with Gasteiger partial charge in [-0.15, -0.1) is 6.58 Å². The third-order valence-corrected chi connectivity index (χ3v) is 17.0. The Balaban J connectivity index is 2.78. The zero-order valence-corrected chi connectivity index (χ0v) is 10.9. The molecule has 1 fully saturated rings. The average molecular weight is 200 g/mol. The number of hydrogen-bond acceptors (Lipinski definition) is 2. The van der Waals surface area contributed by atoms with Gasteiger partial charge in [-0.2, -0.15) is 0 Å². The van der Waals surface area contributed by atoms with E-state index >= 15 is 0 Å². The Kier molecular flexibility index (Phi) is 2.37. The zero-order valence-electron chi connectivity index (χ0n) is 8.89. The van der Waals surface area contributed by atoms with Gasteiger partial charge in [-0.05, 0) is 39.8 Å². The van der Waals surface area contributed by atoms with Gasteiger partial charge in [0.2, 0.25) is 0 Å². The summed E-state index contributed by atoms with van der Waals surface area (Å²) in [6.45, 7) is 11.1. The minimum absolute atomic E-state index is 1.15. The van der Waals surface area contributed by atoms with Crippen LogP contribution in [-0.2, 0) is 0 Å². The molecule has 1 aliphatic rings. The van der Waals surface area contributed by atoms with Gasteiger partial charge >= 0.3 is 0 Å². The molecular weight excluding hydrogens is 180 g/mol. The fourth-order valence-corrected chi connectivity index (χ4v) is 15.2. The van der Waals surface area contributed by atoms with Crippen molar-refractivity contribution in [1.29, 1.82) is 0 Å². The molecular formula is C8H20N2Si2. The second kappa shape index (κ2) is 2.80. The quantitative estimate of drug-likeness (QED) is 0.496. The predicted molar refractivity (Wildman–Crippen MR) is 59.6 cm³/mol. The largest absolute Gasteiger partial charge is 0.325 e. The average Bonchev–Trinajstić information content (AvgIpc) is 2.02. The molecule has 0 aromatic heterocycles. The second-order valence-electron chi connectivity index (χ2n) is 4.32. The van der Waals surface area contributed by atoms with E-state index < -0.39 is 16.8 Å². The predicted octanol–water partition coefficient (Wildman–Crippen LogP) is 1.82. The van der Waals surface area contributed by atoms with Gasteiger partial charge in [-0.1, -0.05) is 6.08 Å². The molecule has 1 saturated heterocycles. The Bertz CT molecular complexity index is 191. The fraction of sp³-hybridized carbons (Fsp3) is 0.750. The van der Waals surface area contributed by atoms with Crippen molar-refractivity contribution in [3.8, 4) is 0 Å². The summed E-state index contributed by atoms with van der Waals surface area (Å²) < 4.78 is 5.34. The first kappa shape index (κ1) is 10.2. The number of allylic oxidation sites excluding steroid dienone is 1. The molecule has 0 bridgehead atoms. The van der Waals surface area contributed by atoms with Crippen LogP contribution in [-0.4, -0.2) is 39.4 Å². The van der Waals surface area contributed by atoms with E-state index in [1.54, 1.807) is 0 Å². The molecule has 1 heterocycles. The first-order valence-electron chi connectivity index (χ1n) is 4.46. The van der Waals surface area contributed by atoms with Crippen molar-refractivity contribution in [2.24, 2.45) is 0 Å². The lowest BCUT2D eigenvalue weighted by Crippen LogP contribution is -2.88. The van der Waals surface area contributed by atoms with Crippen molar-refractivity contribution in [3.05, 3.63) is 12.7 Å². The van der Waals surface area contributed by atoms with E-state index in [0.717, 1.165) is 0 Å². The molecule has 0 aromatic rings. The Morgan fingerprint density at radius 2 is 1.58 bits per heavy atom. The van der Waals surface area contributed by atoms with E-state index in [1.807, 2.05) is 0 Å². The van der Waals surface area contributed by atoms with E-state index in [-0.39, 0.29) is 0 Å². The molecule has 12 heavy (non-hydrogen) atoms. The van der Waals surface area contributed by atoms with Gasteiger partial charge in [0.25, 0.3) is 0 Å². The van der Waals surface area contributed by atoms with Gasteiger partial charge < -0.3 is 8.46 Å². The lowest BCUT2D eigenvalue weighted by molar-refractivity contribution is 0.478. The van der Waals surface area contributed by atoms with E-state index in [2.05, 4.69) is 54.9 Å². The van der Waals surface area contributed by atoms with Crippen LogP contribution in [0.5, 0.6) is 0 Å². The first-order valence-corrected chi connectivity index (χ1v) is 9.95. The maximum atomic E-state index is 3.84. The molecule has 2 nitrogen and oxygen atoms in total. The molecule has 0 amide bonds. The first-order chi connectivity index (χ1) is 5.37. The summed E-state index contributed by atoms with van der Waals surface area (Å²) >= 11 is 0. The van der Waals surface area contributed by atoms with Crippen molar-refractivity contribution in [1.82, 2.24) is 8.46 Å². The van der Waals surface area contributed by atoms with Crippen LogP contribution < -0.4 is 0 Å². The topological polar surface area (TPSA) is 6.48 Å². The van der Waals surface area contributed by atoms with Gasteiger partial charge in [-0.25, -0.2) is 0 Å². The molecule has 0 N–H and O–H groups in total.